The molecule has 0 spiro atoms. The summed E-state index contributed by atoms with van der Waals surface area (Å²) in [6.45, 7) is 0.337. The first-order valence-corrected chi connectivity index (χ1v) is 19.5. The second kappa shape index (κ2) is 16.3. The summed E-state index contributed by atoms with van der Waals surface area (Å²) < 4.78 is 12.4. The average molecular weight is 688 g/mol. The summed E-state index contributed by atoms with van der Waals surface area (Å²) in [7, 11) is -2.22. The number of phenolic OH excluding ortho intramolecular Hbond substituents is 1. The van der Waals surface area contributed by atoms with Crippen LogP contribution < -0.4 is 30.7 Å². The monoisotopic (exact) mass is 687 g/mol. The first kappa shape index (κ1) is 33.7. The Morgan fingerprint density at radius 2 is 1.37 bits per heavy atom. The number of carbonyl (C=O) groups is 1. The van der Waals surface area contributed by atoms with Crippen molar-refractivity contribution < 1.29 is 19.4 Å². The number of fused-ring (bicyclic) bond motifs is 1. The number of nitriles is 1. The third-order valence-electron chi connectivity index (χ3n) is 8.58. The van der Waals surface area contributed by atoms with E-state index in [0.29, 0.717) is 23.1 Å². The zero-order chi connectivity index (χ0) is 33.9. The molecular formula is C40H38N3O4PS. The van der Waals surface area contributed by atoms with E-state index in [9.17, 15) is 9.90 Å². The van der Waals surface area contributed by atoms with E-state index in [4.69, 9.17) is 14.7 Å². The van der Waals surface area contributed by atoms with Gasteiger partial charge in [-0.15, -0.1) is 11.3 Å². The Labute approximate surface area is 291 Å². The Morgan fingerprint density at radius 1 is 0.776 bits per heavy atom. The van der Waals surface area contributed by atoms with Gasteiger partial charge in [-0.3, -0.25) is 0 Å². The molecule has 7 nitrogen and oxygen atoms in total. The first-order valence-electron chi connectivity index (χ1n) is 16.4. The molecule has 1 heterocycles. The van der Waals surface area contributed by atoms with Gasteiger partial charge in [0, 0.05) is 6.07 Å². The molecule has 2 N–H and O–H groups in total. The maximum atomic E-state index is 12.6. The van der Waals surface area contributed by atoms with Crippen LogP contribution in [-0.2, 0) is 4.79 Å². The van der Waals surface area contributed by atoms with Crippen molar-refractivity contribution in [1.29, 1.82) is 5.26 Å². The number of hydrogen-bond acceptors (Lipinski definition) is 7. The molecule has 6 rings (SSSR count). The normalized spacial score (nSPS) is 11.5. The minimum absolute atomic E-state index is 0.0853. The van der Waals surface area contributed by atoms with Crippen LogP contribution in [0.2, 0.25) is 0 Å². The summed E-state index contributed by atoms with van der Waals surface area (Å²) in [5.74, 6) is 0.817. The first-order chi connectivity index (χ1) is 24.0. The van der Waals surface area contributed by atoms with Gasteiger partial charge >= 0.3 is 197 Å². The van der Waals surface area contributed by atoms with E-state index >= 15 is 0 Å². The predicted octanol–water partition coefficient (Wildman–Crippen LogP) is 7.45. The molecule has 1 aromatic heterocycles. The van der Waals surface area contributed by atoms with Gasteiger partial charge in [0.25, 0.3) is 0 Å². The van der Waals surface area contributed by atoms with Gasteiger partial charge in [-0.2, -0.15) is 5.26 Å². The Morgan fingerprint density at radius 3 is 2.00 bits per heavy atom. The molecule has 5 aromatic carbocycles. The van der Waals surface area contributed by atoms with Crippen LogP contribution >= 0.6 is 18.6 Å². The molecule has 0 saturated heterocycles. The maximum absolute atomic E-state index is 12.6. The van der Waals surface area contributed by atoms with E-state index in [1.54, 1.807) is 24.3 Å². The fourth-order valence-electron chi connectivity index (χ4n) is 6.22. The number of amides is 1. The van der Waals surface area contributed by atoms with Crippen molar-refractivity contribution in [2.24, 2.45) is 0 Å². The van der Waals surface area contributed by atoms with E-state index in [-0.39, 0.29) is 24.0 Å². The van der Waals surface area contributed by atoms with Crippen molar-refractivity contribution in [1.82, 2.24) is 10.3 Å². The van der Waals surface area contributed by atoms with Gasteiger partial charge < -0.3 is 9.84 Å². The van der Waals surface area contributed by atoms with Gasteiger partial charge in [0.2, 0.25) is 0 Å². The third kappa shape index (κ3) is 8.26. The predicted molar refractivity (Wildman–Crippen MR) is 201 cm³/mol. The third-order valence-corrected chi connectivity index (χ3v) is 14.6. The zero-order valence-electron chi connectivity index (χ0n) is 27.0. The standard InChI is InChI=1S/C40H38N3O4PS/c41-28-40-43-35-22-20-31(27-38(35)49-40)47-30-21-23-36(44)37(26-30)46-29-39(45)42-24-12-1-2-13-25-48(32-14-6-3-7-15-32,33-16-8-4-9-17-33)34-18-10-5-11-19-34/h3-11,14-23,26-27,44,48H,1-2,12-13,24-25,29H2,(H,42,45). The molecule has 248 valence electrons. The molecule has 0 aliphatic carbocycles. The van der Waals surface area contributed by atoms with Gasteiger partial charge in [0.15, 0.2) is 5.01 Å². The summed E-state index contributed by atoms with van der Waals surface area (Å²) in [6.07, 6.45) is 5.16. The van der Waals surface area contributed by atoms with E-state index < -0.39 is 7.26 Å². The molecule has 0 atom stereocenters. The number of carbonyl (C=O) groups excluding carboxylic acids is 1. The quantitative estimate of drug-likeness (QED) is 0.0859. The van der Waals surface area contributed by atoms with Gasteiger partial charge in [0.1, 0.15) is 17.6 Å². The molecule has 0 fully saturated rings. The number of phenols is 1. The van der Waals surface area contributed by atoms with Crippen molar-refractivity contribution in [3.8, 4) is 29.1 Å². The second-order valence-electron chi connectivity index (χ2n) is 11.8. The zero-order valence-corrected chi connectivity index (χ0v) is 28.9. The molecule has 0 bridgehead atoms. The van der Waals surface area contributed by atoms with Crippen molar-refractivity contribution >= 4 is 50.6 Å². The summed E-state index contributed by atoms with van der Waals surface area (Å²) in [5.41, 5.74) is 0.729. The molecule has 0 aliphatic rings. The van der Waals surface area contributed by atoms with Crippen LogP contribution in [0.4, 0.5) is 0 Å². The molecule has 0 unspecified atom stereocenters. The number of nitrogens with one attached hydrogen (secondary N) is 1. The number of benzene rings is 5. The van der Waals surface area contributed by atoms with Crippen LogP contribution in [0, 0.1) is 11.3 Å². The van der Waals surface area contributed by atoms with E-state index in [1.165, 1.54) is 33.3 Å². The number of aromatic hydroxyl groups is 1. The molecule has 0 radical (unpaired) electrons. The van der Waals surface area contributed by atoms with Crippen LogP contribution in [-0.4, -0.2) is 35.3 Å². The van der Waals surface area contributed by atoms with Crippen LogP contribution in [0.15, 0.2) is 127 Å². The van der Waals surface area contributed by atoms with Gasteiger partial charge in [0.05, 0.1) is 10.2 Å². The SMILES string of the molecule is N#Cc1nc2ccc(Oc3ccc(O)c(OCC(=O)NCCCCCC[PH](c4ccccc4)(c4ccccc4)c4ccccc4)c3)cc2s1. The van der Waals surface area contributed by atoms with E-state index in [0.717, 1.165) is 42.1 Å². The van der Waals surface area contributed by atoms with Gasteiger partial charge in [-0.05, 0) is 24.3 Å². The summed E-state index contributed by atoms with van der Waals surface area (Å²) in [4.78, 5) is 16.8. The molecule has 1 amide bonds. The fraction of sp³-hybridized carbons (Fsp3) is 0.175. The average Bonchev–Trinajstić information content (AvgIpc) is 3.57. The van der Waals surface area contributed by atoms with Crippen LogP contribution in [0.25, 0.3) is 10.2 Å². The van der Waals surface area contributed by atoms with Crippen molar-refractivity contribution in [2.45, 2.75) is 25.7 Å². The van der Waals surface area contributed by atoms with Crippen molar-refractivity contribution in [3.63, 3.8) is 0 Å². The van der Waals surface area contributed by atoms with Crippen LogP contribution in [0.5, 0.6) is 23.0 Å². The van der Waals surface area contributed by atoms with Gasteiger partial charge in [-0.25, -0.2) is 4.98 Å². The number of aromatic nitrogens is 1. The smallest absolute Gasteiger partial charge is 0.103 e. The van der Waals surface area contributed by atoms with Crippen molar-refractivity contribution in [2.75, 3.05) is 19.3 Å². The van der Waals surface area contributed by atoms with E-state index in [1.807, 2.05) is 6.07 Å². The minimum Gasteiger partial charge on any atom is -0.103 e. The van der Waals surface area contributed by atoms with Crippen LogP contribution in [0.3, 0.4) is 0 Å². The molecular weight excluding hydrogens is 649 g/mol. The molecule has 0 aliphatic heterocycles. The number of hydrogen-bond donors (Lipinski definition) is 2. The molecule has 6 aromatic rings. The number of unbranched alkanes of at least 4 members (excludes halogenated alkanes) is 3. The Hall–Kier alpha value is -5.22. The van der Waals surface area contributed by atoms with Crippen LogP contribution in [0.1, 0.15) is 30.7 Å². The second-order valence-corrected chi connectivity index (χ2v) is 16.9. The summed E-state index contributed by atoms with van der Waals surface area (Å²) in [6, 6.07) is 45.0. The number of ether oxygens (including phenoxy) is 2. The minimum atomic E-state index is -2.22. The summed E-state index contributed by atoms with van der Waals surface area (Å²) in [5, 5.41) is 27.0. The molecule has 49 heavy (non-hydrogen) atoms. The fourth-order valence-corrected chi connectivity index (χ4v) is 11.9. The van der Waals surface area contributed by atoms with Crippen molar-refractivity contribution in [3.05, 3.63) is 132 Å². The Balaban J connectivity index is 0.980. The molecule has 0 saturated carbocycles. The topological polar surface area (TPSA) is 104 Å². The Bertz CT molecular complexity index is 1940. The molecule has 9 heteroatoms. The van der Waals surface area contributed by atoms with Gasteiger partial charge in [-0.1, -0.05) is 0 Å². The number of nitrogens with zero attached hydrogens (tertiary/aromatic N) is 2. The van der Waals surface area contributed by atoms with E-state index in [2.05, 4.69) is 107 Å². The Kier molecular flexibility index (Phi) is 11.2. The summed E-state index contributed by atoms with van der Waals surface area (Å²) >= 11 is 1.29. The number of rotatable bonds is 15. The number of thiazole rings is 1.